The SMILES string of the molecule is COc1cc(OC)c([C@H]2Nc3ccccc3NC3=C2C(=O)C[C@@H](c2cc(OC)c(OC)c(OC)c2)C3)cc1OC. The van der Waals surface area contributed by atoms with E-state index >= 15 is 0 Å². The summed E-state index contributed by atoms with van der Waals surface area (Å²) in [6.07, 6.45) is 0.908. The zero-order chi connectivity index (χ0) is 28.4. The number of anilines is 2. The average Bonchev–Trinajstić information content (AvgIpc) is 3.16. The Morgan fingerprint density at radius 1 is 0.675 bits per heavy atom. The molecular formula is C31H34N2O7. The first-order valence-corrected chi connectivity index (χ1v) is 12.9. The Hall–Kier alpha value is -4.53. The molecule has 9 heteroatoms. The lowest BCUT2D eigenvalue weighted by molar-refractivity contribution is -0.116. The highest BCUT2D eigenvalue weighted by Crippen LogP contribution is 2.49. The fourth-order valence-corrected chi connectivity index (χ4v) is 5.58. The molecule has 1 aliphatic heterocycles. The number of ketones is 1. The van der Waals surface area contributed by atoms with Crippen LogP contribution in [0.5, 0.6) is 34.5 Å². The first-order chi connectivity index (χ1) is 19.5. The number of fused-ring (bicyclic) bond motifs is 1. The van der Waals surface area contributed by atoms with E-state index in [1.54, 1.807) is 48.7 Å². The molecule has 0 saturated heterocycles. The highest BCUT2D eigenvalue weighted by Gasteiger charge is 2.38. The van der Waals surface area contributed by atoms with Crippen molar-refractivity contribution in [1.29, 1.82) is 0 Å². The molecule has 0 fully saturated rings. The molecule has 1 aliphatic carbocycles. The summed E-state index contributed by atoms with van der Waals surface area (Å²) in [4.78, 5) is 14.1. The lowest BCUT2D eigenvalue weighted by Crippen LogP contribution is -2.27. The van der Waals surface area contributed by atoms with Gasteiger partial charge in [-0.1, -0.05) is 12.1 Å². The third-order valence-corrected chi connectivity index (χ3v) is 7.51. The number of Topliss-reactive ketones (excluding diaryl/α,β-unsaturated/α-hetero) is 1. The van der Waals surface area contributed by atoms with E-state index in [2.05, 4.69) is 10.6 Å². The van der Waals surface area contributed by atoms with Crippen LogP contribution in [0.2, 0.25) is 0 Å². The topological polar surface area (TPSA) is 96.5 Å². The molecule has 0 bridgehead atoms. The maximum absolute atomic E-state index is 14.1. The molecule has 40 heavy (non-hydrogen) atoms. The minimum Gasteiger partial charge on any atom is -0.496 e. The molecule has 9 nitrogen and oxygen atoms in total. The summed E-state index contributed by atoms with van der Waals surface area (Å²) in [6.45, 7) is 0. The summed E-state index contributed by atoms with van der Waals surface area (Å²) in [5.41, 5.74) is 4.96. The molecule has 5 rings (SSSR count). The van der Waals surface area contributed by atoms with Crippen LogP contribution in [0.15, 0.2) is 59.8 Å². The first kappa shape index (κ1) is 27.1. The molecule has 3 aromatic carbocycles. The average molecular weight is 547 g/mol. The summed E-state index contributed by atoms with van der Waals surface area (Å²) in [6, 6.07) is 14.9. The summed E-state index contributed by atoms with van der Waals surface area (Å²) in [7, 11) is 9.52. The molecule has 2 N–H and O–H groups in total. The van der Waals surface area contributed by atoms with Crippen LogP contribution in [0.25, 0.3) is 0 Å². The van der Waals surface area contributed by atoms with Gasteiger partial charge in [0.2, 0.25) is 5.75 Å². The third kappa shape index (κ3) is 4.72. The van der Waals surface area contributed by atoms with E-state index in [0.29, 0.717) is 52.9 Å². The van der Waals surface area contributed by atoms with Gasteiger partial charge in [0.05, 0.1) is 60.1 Å². The molecular weight excluding hydrogens is 512 g/mol. The fraction of sp³-hybridized carbons (Fsp3) is 0.323. The van der Waals surface area contributed by atoms with E-state index in [1.165, 1.54) is 0 Å². The smallest absolute Gasteiger partial charge is 0.203 e. The number of benzene rings is 3. The summed E-state index contributed by atoms with van der Waals surface area (Å²) < 4.78 is 33.6. The van der Waals surface area contributed by atoms with Crippen molar-refractivity contribution in [2.75, 3.05) is 53.3 Å². The Kier molecular flexibility index (Phi) is 7.64. The number of nitrogens with one attached hydrogen (secondary N) is 2. The molecule has 1 heterocycles. The van der Waals surface area contributed by atoms with E-state index in [4.69, 9.17) is 28.4 Å². The molecule has 0 amide bonds. The van der Waals surface area contributed by atoms with Gasteiger partial charge in [-0.05, 0) is 48.2 Å². The van der Waals surface area contributed by atoms with Crippen molar-refractivity contribution in [2.24, 2.45) is 0 Å². The van der Waals surface area contributed by atoms with Gasteiger partial charge in [0.25, 0.3) is 0 Å². The van der Waals surface area contributed by atoms with Crippen LogP contribution in [-0.4, -0.2) is 48.4 Å². The lowest BCUT2D eigenvalue weighted by Gasteiger charge is -2.31. The van der Waals surface area contributed by atoms with Crippen LogP contribution < -0.4 is 39.1 Å². The number of carbonyl (C=O) groups is 1. The summed E-state index contributed by atoms with van der Waals surface area (Å²) in [5, 5.41) is 7.17. The second-order valence-electron chi connectivity index (χ2n) is 9.58. The second kappa shape index (κ2) is 11.3. The molecule has 210 valence electrons. The van der Waals surface area contributed by atoms with Gasteiger partial charge in [-0.15, -0.1) is 0 Å². The van der Waals surface area contributed by atoms with Gasteiger partial charge in [0.15, 0.2) is 28.8 Å². The van der Waals surface area contributed by atoms with Crippen LogP contribution in [0, 0.1) is 0 Å². The van der Waals surface area contributed by atoms with E-state index in [9.17, 15) is 4.79 Å². The number of para-hydroxylation sites is 2. The molecule has 3 aromatic rings. The molecule has 2 aliphatic rings. The van der Waals surface area contributed by atoms with Crippen LogP contribution in [0.4, 0.5) is 11.4 Å². The van der Waals surface area contributed by atoms with Gasteiger partial charge in [0.1, 0.15) is 5.75 Å². The standard InChI is InChI=1S/C31H34N2O7/c1-35-24-16-26(37-3)25(36-2)15-19(24)30-29-22(32-20-9-7-8-10-21(20)33-30)11-17(12-23(29)34)18-13-27(38-4)31(40-6)28(14-18)39-5/h7-10,13-17,30,32-33H,11-12H2,1-6H3/t17-,30+/m0/s1. The van der Waals surface area contributed by atoms with Crippen molar-refractivity contribution in [3.63, 3.8) is 0 Å². The number of rotatable bonds is 8. The summed E-state index contributed by atoms with van der Waals surface area (Å²) in [5.74, 6) is 3.22. The van der Waals surface area contributed by atoms with Crippen molar-refractivity contribution in [3.8, 4) is 34.5 Å². The number of allylic oxidation sites excluding steroid dienone is 1. The predicted octanol–water partition coefficient (Wildman–Crippen LogP) is 5.72. The Morgan fingerprint density at radius 2 is 1.27 bits per heavy atom. The first-order valence-electron chi connectivity index (χ1n) is 12.9. The van der Waals surface area contributed by atoms with Gasteiger partial charge in [-0.3, -0.25) is 4.79 Å². The fourth-order valence-electron chi connectivity index (χ4n) is 5.58. The van der Waals surface area contributed by atoms with Crippen LogP contribution in [0.1, 0.15) is 35.9 Å². The number of methoxy groups -OCH3 is 6. The number of hydrogen-bond donors (Lipinski definition) is 2. The molecule has 0 radical (unpaired) electrons. The van der Waals surface area contributed by atoms with Crippen LogP contribution in [0.3, 0.4) is 0 Å². The minimum absolute atomic E-state index is 0.0228. The van der Waals surface area contributed by atoms with E-state index in [1.807, 2.05) is 42.5 Å². The normalized spacial score (nSPS) is 17.9. The largest absolute Gasteiger partial charge is 0.496 e. The summed E-state index contributed by atoms with van der Waals surface area (Å²) >= 11 is 0. The van der Waals surface area contributed by atoms with Crippen molar-refractivity contribution < 1.29 is 33.2 Å². The predicted molar refractivity (Wildman–Crippen MR) is 153 cm³/mol. The van der Waals surface area contributed by atoms with Gasteiger partial charge in [0, 0.05) is 29.3 Å². The second-order valence-corrected chi connectivity index (χ2v) is 9.58. The maximum Gasteiger partial charge on any atom is 0.203 e. The molecule has 0 saturated carbocycles. The Balaban J connectivity index is 1.65. The number of carbonyl (C=O) groups excluding carboxylic acids is 1. The third-order valence-electron chi connectivity index (χ3n) is 7.51. The van der Waals surface area contributed by atoms with E-state index < -0.39 is 6.04 Å². The Bertz CT molecular complexity index is 1440. The van der Waals surface area contributed by atoms with Crippen molar-refractivity contribution >= 4 is 17.2 Å². The van der Waals surface area contributed by atoms with Gasteiger partial charge >= 0.3 is 0 Å². The van der Waals surface area contributed by atoms with Crippen molar-refractivity contribution in [3.05, 3.63) is 70.9 Å². The molecule has 0 aromatic heterocycles. The monoisotopic (exact) mass is 546 g/mol. The van der Waals surface area contributed by atoms with Gasteiger partial charge in [-0.2, -0.15) is 0 Å². The van der Waals surface area contributed by atoms with Crippen molar-refractivity contribution in [1.82, 2.24) is 0 Å². The number of ether oxygens (including phenoxy) is 6. The quantitative estimate of drug-likeness (QED) is 0.368. The zero-order valence-corrected chi connectivity index (χ0v) is 23.5. The Labute approximate surface area is 234 Å². The van der Waals surface area contributed by atoms with Crippen LogP contribution >= 0.6 is 0 Å². The van der Waals surface area contributed by atoms with E-state index in [-0.39, 0.29) is 11.7 Å². The van der Waals surface area contributed by atoms with Gasteiger partial charge < -0.3 is 39.1 Å². The minimum atomic E-state index is -0.491. The van der Waals surface area contributed by atoms with E-state index in [0.717, 1.165) is 28.2 Å². The Morgan fingerprint density at radius 3 is 1.88 bits per heavy atom. The number of hydrogen-bond acceptors (Lipinski definition) is 9. The van der Waals surface area contributed by atoms with Crippen molar-refractivity contribution in [2.45, 2.75) is 24.8 Å². The van der Waals surface area contributed by atoms with Crippen LogP contribution in [-0.2, 0) is 4.79 Å². The molecule has 0 spiro atoms. The highest BCUT2D eigenvalue weighted by molar-refractivity contribution is 6.01. The molecule has 2 atom stereocenters. The van der Waals surface area contributed by atoms with Gasteiger partial charge in [-0.25, -0.2) is 0 Å². The zero-order valence-electron chi connectivity index (χ0n) is 23.5. The molecule has 0 unspecified atom stereocenters. The highest BCUT2D eigenvalue weighted by atomic mass is 16.5. The lowest BCUT2D eigenvalue weighted by atomic mass is 9.78. The maximum atomic E-state index is 14.1.